The van der Waals surface area contributed by atoms with E-state index in [0.29, 0.717) is 5.76 Å². The molecule has 0 fully saturated rings. The maximum atomic E-state index is 10.8. The fourth-order valence-corrected chi connectivity index (χ4v) is 2.17. The topological polar surface area (TPSA) is 70.0 Å². The molecule has 0 saturated carbocycles. The van der Waals surface area contributed by atoms with Crippen LogP contribution in [-0.2, 0) is 9.53 Å². The number of hydrogen-bond acceptors (Lipinski definition) is 4. The molecule has 0 amide bonds. The smallest absolute Gasteiger partial charge is 0.323 e. The number of aromatic hydroxyl groups is 1. The maximum absolute atomic E-state index is 10.8. The third-order valence-electron chi connectivity index (χ3n) is 2.97. The van der Waals surface area contributed by atoms with E-state index in [1.807, 2.05) is 19.9 Å². The summed E-state index contributed by atoms with van der Waals surface area (Å²) in [5.74, 6) is -0.0728. The summed E-state index contributed by atoms with van der Waals surface area (Å²) in [5, 5.41) is 18.8. The summed E-state index contributed by atoms with van der Waals surface area (Å²) in [7, 11) is 0. The van der Waals surface area contributed by atoms with Crippen LogP contribution in [-0.4, -0.2) is 27.6 Å². The third kappa shape index (κ3) is 2.93. The molecule has 0 unspecified atom stereocenters. The molecule has 0 aliphatic carbocycles. The maximum Gasteiger partial charge on any atom is 0.323 e. The van der Waals surface area contributed by atoms with Gasteiger partial charge in [-0.15, -0.1) is 0 Å². The van der Waals surface area contributed by atoms with Gasteiger partial charge >= 0.3 is 5.97 Å². The van der Waals surface area contributed by atoms with E-state index in [4.69, 9.17) is 9.84 Å². The van der Waals surface area contributed by atoms with E-state index in [2.05, 4.69) is 0 Å². The first kappa shape index (κ1) is 14.0. The number of nitrogens with zero attached hydrogens (tertiary/aromatic N) is 1. The normalized spacial score (nSPS) is 14.2. The minimum Gasteiger partial charge on any atom is -0.508 e. The van der Waals surface area contributed by atoms with Crippen LogP contribution in [0.25, 0.3) is 5.76 Å². The van der Waals surface area contributed by atoms with E-state index in [1.165, 1.54) is 11.2 Å². The predicted molar refractivity (Wildman–Crippen MR) is 74.7 cm³/mol. The largest absolute Gasteiger partial charge is 0.508 e. The molecule has 0 saturated heterocycles. The molecule has 20 heavy (non-hydrogen) atoms. The molecule has 0 aromatic heterocycles. The average Bonchev–Trinajstić information content (AvgIpc) is 2.37. The molecule has 2 N–H and O–H groups in total. The van der Waals surface area contributed by atoms with Crippen molar-refractivity contribution in [3.8, 4) is 5.75 Å². The predicted octanol–water partition coefficient (Wildman–Crippen LogP) is 2.70. The molecule has 1 aliphatic rings. The van der Waals surface area contributed by atoms with Gasteiger partial charge in [-0.3, -0.25) is 4.79 Å². The zero-order valence-electron chi connectivity index (χ0n) is 11.4. The number of carbonyl (C=O) groups is 1. The summed E-state index contributed by atoms with van der Waals surface area (Å²) < 4.78 is 5.46. The Labute approximate surface area is 117 Å². The SMILES string of the molecule is CC(C)c1c(O)cccc1C1=CN(CC(=O)O)C=CO1. The van der Waals surface area contributed by atoms with Crippen LogP contribution in [0.1, 0.15) is 30.9 Å². The lowest BCUT2D eigenvalue weighted by atomic mass is 9.95. The standard InChI is InChI=1S/C15H17NO4/c1-10(2)15-11(4-3-5-12(15)17)13-8-16(6-7-20-13)9-14(18)19/h3-8,10,17H,9H2,1-2H3,(H,18,19). The Bertz CT molecular complexity index is 575. The Morgan fingerprint density at radius 2 is 2.15 bits per heavy atom. The quantitative estimate of drug-likeness (QED) is 0.884. The molecule has 1 aromatic carbocycles. The highest BCUT2D eigenvalue weighted by Crippen LogP contribution is 2.34. The zero-order valence-corrected chi connectivity index (χ0v) is 11.4. The van der Waals surface area contributed by atoms with Crippen LogP contribution in [0, 0.1) is 0 Å². The van der Waals surface area contributed by atoms with Crippen LogP contribution in [0.3, 0.4) is 0 Å². The Kier molecular flexibility index (Phi) is 3.98. The van der Waals surface area contributed by atoms with Gasteiger partial charge in [0.15, 0.2) is 0 Å². The van der Waals surface area contributed by atoms with Gasteiger partial charge in [-0.1, -0.05) is 26.0 Å². The molecule has 5 nitrogen and oxygen atoms in total. The summed E-state index contributed by atoms with van der Waals surface area (Å²) >= 11 is 0. The van der Waals surface area contributed by atoms with Crippen molar-refractivity contribution < 1.29 is 19.7 Å². The van der Waals surface area contributed by atoms with Gasteiger partial charge in [0.1, 0.15) is 24.3 Å². The van der Waals surface area contributed by atoms with Crippen molar-refractivity contribution in [2.24, 2.45) is 0 Å². The molecular weight excluding hydrogens is 258 g/mol. The average molecular weight is 275 g/mol. The molecule has 0 atom stereocenters. The molecule has 106 valence electrons. The van der Waals surface area contributed by atoms with Gasteiger partial charge in [0, 0.05) is 23.5 Å². The first-order chi connectivity index (χ1) is 9.49. The van der Waals surface area contributed by atoms with Crippen molar-refractivity contribution in [3.05, 3.63) is 48.0 Å². The van der Waals surface area contributed by atoms with Gasteiger partial charge < -0.3 is 19.8 Å². The molecule has 1 heterocycles. The Morgan fingerprint density at radius 1 is 1.40 bits per heavy atom. The third-order valence-corrected chi connectivity index (χ3v) is 2.97. The van der Waals surface area contributed by atoms with Gasteiger partial charge in [-0.05, 0) is 12.0 Å². The van der Waals surface area contributed by atoms with Crippen molar-refractivity contribution in [1.82, 2.24) is 4.90 Å². The fourth-order valence-electron chi connectivity index (χ4n) is 2.17. The molecule has 5 heteroatoms. The second kappa shape index (κ2) is 5.69. The molecule has 1 aliphatic heterocycles. The summed E-state index contributed by atoms with van der Waals surface area (Å²) in [6.45, 7) is 3.82. The van der Waals surface area contributed by atoms with E-state index in [0.717, 1.165) is 11.1 Å². The first-order valence-corrected chi connectivity index (χ1v) is 6.34. The van der Waals surface area contributed by atoms with Crippen LogP contribution in [0.2, 0.25) is 0 Å². The van der Waals surface area contributed by atoms with Gasteiger partial charge in [0.2, 0.25) is 0 Å². The second-order valence-corrected chi connectivity index (χ2v) is 4.86. The number of carboxylic acids is 1. The van der Waals surface area contributed by atoms with Crippen molar-refractivity contribution >= 4 is 11.7 Å². The summed E-state index contributed by atoms with van der Waals surface area (Å²) in [6, 6.07) is 5.21. The van der Waals surface area contributed by atoms with E-state index < -0.39 is 5.97 Å². The van der Waals surface area contributed by atoms with E-state index in [-0.39, 0.29) is 18.2 Å². The van der Waals surface area contributed by atoms with Gasteiger partial charge in [0.25, 0.3) is 0 Å². The number of phenolic OH excluding ortho intramolecular Hbond substituents is 1. The fraction of sp³-hybridized carbons (Fsp3) is 0.267. The highest BCUT2D eigenvalue weighted by atomic mass is 16.5. The Morgan fingerprint density at radius 3 is 2.80 bits per heavy atom. The minimum atomic E-state index is -0.924. The van der Waals surface area contributed by atoms with Crippen LogP contribution < -0.4 is 0 Å². The number of benzene rings is 1. The van der Waals surface area contributed by atoms with E-state index >= 15 is 0 Å². The van der Waals surface area contributed by atoms with Crippen molar-refractivity contribution in [2.45, 2.75) is 19.8 Å². The van der Waals surface area contributed by atoms with E-state index in [1.54, 1.807) is 24.5 Å². The number of aliphatic carboxylic acids is 1. The monoisotopic (exact) mass is 275 g/mol. The number of phenols is 1. The lowest BCUT2D eigenvalue weighted by Crippen LogP contribution is -2.22. The lowest BCUT2D eigenvalue weighted by molar-refractivity contribution is -0.137. The van der Waals surface area contributed by atoms with Crippen molar-refractivity contribution in [3.63, 3.8) is 0 Å². The molecule has 2 rings (SSSR count). The van der Waals surface area contributed by atoms with Crippen LogP contribution >= 0.6 is 0 Å². The second-order valence-electron chi connectivity index (χ2n) is 4.86. The van der Waals surface area contributed by atoms with Crippen molar-refractivity contribution in [2.75, 3.05) is 6.54 Å². The molecule has 0 bridgehead atoms. The van der Waals surface area contributed by atoms with Gasteiger partial charge in [-0.2, -0.15) is 0 Å². The van der Waals surface area contributed by atoms with E-state index in [9.17, 15) is 9.90 Å². The Hall–Kier alpha value is -2.43. The number of hydrogen-bond donors (Lipinski definition) is 2. The summed E-state index contributed by atoms with van der Waals surface area (Å²) in [4.78, 5) is 12.3. The van der Waals surface area contributed by atoms with Crippen LogP contribution in [0.4, 0.5) is 0 Å². The highest BCUT2D eigenvalue weighted by Gasteiger charge is 2.18. The minimum absolute atomic E-state index is 0.120. The number of carboxylic acid groups (broad SMARTS) is 1. The Balaban J connectivity index is 2.39. The molecular formula is C15H17NO4. The van der Waals surface area contributed by atoms with Crippen LogP contribution in [0.15, 0.2) is 36.9 Å². The van der Waals surface area contributed by atoms with Gasteiger partial charge in [0.05, 0.1) is 0 Å². The first-order valence-electron chi connectivity index (χ1n) is 6.34. The summed E-state index contributed by atoms with van der Waals surface area (Å²) in [5.41, 5.74) is 1.55. The van der Waals surface area contributed by atoms with Crippen molar-refractivity contribution in [1.29, 1.82) is 0 Å². The molecule has 0 spiro atoms. The van der Waals surface area contributed by atoms with Crippen LogP contribution in [0.5, 0.6) is 5.75 Å². The highest BCUT2D eigenvalue weighted by molar-refractivity contribution is 5.71. The number of rotatable bonds is 4. The lowest BCUT2D eigenvalue weighted by Gasteiger charge is -2.22. The molecule has 1 aromatic rings. The zero-order chi connectivity index (χ0) is 14.7. The molecule has 0 radical (unpaired) electrons. The summed E-state index contributed by atoms with van der Waals surface area (Å²) in [6.07, 6.45) is 4.61. The van der Waals surface area contributed by atoms with Gasteiger partial charge in [-0.25, -0.2) is 0 Å². The number of ether oxygens (including phenoxy) is 1.